The summed E-state index contributed by atoms with van der Waals surface area (Å²) in [5.41, 5.74) is 27.2. The summed E-state index contributed by atoms with van der Waals surface area (Å²) < 4.78 is 0. The van der Waals surface area contributed by atoms with E-state index in [9.17, 15) is 0 Å². The molecule has 0 amide bonds. The van der Waals surface area contributed by atoms with Crippen LogP contribution in [0.15, 0.2) is 139 Å². The highest BCUT2D eigenvalue weighted by molar-refractivity contribution is 7.15. The summed E-state index contributed by atoms with van der Waals surface area (Å²) in [5.74, 6) is 0.674. The molecular weight excluding hydrogens is 863 g/mol. The minimum atomic E-state index is 0.0663. The Morgan fingerprint density at radius 2 is 1.37 bits per heavy atom. The molecule has 7 rings (SSSR count). The van der Waals surface area contributed by atoms with Crippen LogP contribution >= 0.6 is 11.3 Å². The van der Waals surface area contributed by atoms with E-state index in [1.807, 2.05) is 17.4 Å². The van der Waals surface area contributed by atoms with Gasteiger partial charge in [-0.3, -0.25) is 0 Å². The van der Waals surface area contributed by atoms with Gasteiger partial charge in [0.25, 0.3) is 0 Å². The van der Waals surface area contributed by atoms with Crippen molar-refractivity contribution in [2.45, 2.75) is 189 Å². The second-order valence-corrected chi connectivity index (χ2v) is 24.0. The fraction of sp³-hybridized carbons (Fsp3) is 0.441. The Morgan fingerprint density at radius 3 is 1.96 bits per heavy atom. The molecule has 1 heterocycles. The zero-order valence-electron chi connectivity index (χ0n) is 45.7. The van der Waals surface area contributed by atoms with E-state index in [4.69, 9.17) is 5.73 Å². The smallest absolute Gasteiger partial charge is 0.0426 e. The van der Waals surface area contributed by atoms with Crippen LogP contribution in [-0.4, -0.2) is 0 Å². The number of unbranched alkanes of at least 4 members (excludes halogenated alkanes) is 6. The highest BCUT2D eigenvalue weighted by Gasteiger charge is 2.43. The predicted molar refractivity (Wildman–Crippen MR) is 313 cm³/mol. The minimum absolute atomic E-state index is 0.0663. The molecule has 5 aromatic rings. The lowest BCUT2D eigenvalue weighted by molar-refractivity contribution is 0.400. The van der Waals surface area contributed by atoms with Crippen LogP contribution in [0.4, 0.5) is 5.69 Å². The monoisotopic (exact) mass is 952 g/mol. The summed E-state index contributed by atoms with van der Waals surface area (Å²) in [6.07, 6.45) is 28.5. The largest absolute Gasteiger partial charge is 0.398 e. The number of thiophene rings is 1. The third kappa shape index (κ3) is 13.3. The van der Waals surface area contributed by atoms with Crippen LogP contribution in [0.1, 0.15) is 203 Å². The molecule has 4 aromatic carbocycles. The second kappa shape index (κ2) is 24.5. The lowest BCUT2D eigenvalue weighted by atomic mass is 9.69. The van der Waals surface area contributed by atoms with Crippen LogP contribution in [0.3, 0.4) is 0 Å². The van der Waals surface area contributed by atoms with Gasteiger partial charge in [-0.1, -0.05) is 237 Å². The Hall–Kier alpha value is -4.92. The molecule has 0 saturated heterocycles. The van der Waals surface area contributed by atoms with Crippen molar-refractivity contribution in [2.75, 3.05) is 5.73 Å². The molecule has 1 aromatic heterocycles. The number of hydrogen-bond acceptors (Lipinski definition) is 2. The Labute approximate surface area is 431 Å². The van der Waals surface area contributed by atoms with E-state index >= 15 is 0 Å². The van der Waals surface area contributed by atoms with Crippen molar-refractivity contribution in [1.82, 2.24) is 0 Å². The van der Waals surface area contributed by atoms with Crippen molar-refractivity contribution >= 4 is 28.2 Å². The average Bonchev–Trinajstić information content (AvgIpc) is 3.94. The number of anilines is 1. The number of nitrogens with two attached hydrogens (primary N) is 1. The first-order valence-electron chi connectivity index (χ1n) is 27.2. The molecule has 2 aliphatic rings. The Bertz CT molecular complexity index is 2650. The maximum Gasteiger partial charge on any atom is 0.0426 e. The van der Waals surface area contributed by atoms with E-state index in [1.165, 1.54) is 141 Å². The summed E-state index contributed by atoms with van der Waals surface area (Å²) in [6.45, 7) is 31.8. The molecule has 1 nitrogen and oxygen atoms in total. The molecule has 2 heteroatoms. The summed E-state index contributed by atoms with van der Waals surface area (Å²) in [4.78, 5) is 2.70. The van der Waals surface area contributed by atoms with Crippen molar-refractivity contribution in [3.8, 4) is 21.6 Å². The van der Waals surface area contributed by atoms with Gasteiger partial charge in [-0.15, -0.1) is 11.3 Å². The van der Waals surface area contributed by atoms with Crippen LogP contribution in [-0.2, 0) is 22.7 Å². The third-order valence-electron chi connectivity index (χ3n) is 15.1. The van der Waals surface area contributed by atoms with Gasteiger partial charge < -0.3 is 5.73 Å². The topological polar surface area (TPSA) is 26.0 Å². The molecule has 2 N–H and O–H groups in total. The SMILES string of the molecule is C=C(Cc1ccccc1)C1=CCC(C)C=C1.CCCCCCC1(CCCCCC)c2cc(/C(C)=C/C=C(\CCC)c3ccc(-c4ccc(C(C)(C)C)s4)c(C)c3N)ccc2-c2ccc(C(C)(C)C)cc21. The van der Waals surface area contributed by atoms with Gasteiger partial charge in [0.15, 0.2) is 0 Å². The van der Waals surface area contributed by atoms with E-state index in [2.05, 4.69) is 205 Å². The number of fused-ring (bicyclic) bond motifs is 3. The molecule has 0 aliphatic heterocycles. The van der Waals surface area contributed by atoms with E-state index < -0.39 is 0 Å². The third-order valence-corrected chi connectivity index (χ3v) is 16.6. The van der Waals surface area contributed by atoms with Gasteiger partial charge in [0.1, 0.15) is 0 Å². The van der Waals surface area contributed by atoms with Gasteiger partial charge >= 0.3 is 0 Å². The highest BCUT2D eigenvalue weighted by Crippen LogP contribution is 2.55. The van der Waals surface area contributed by atoms with Crippen molar-refractivity contribution in [3.05, 3.63) is 183 Å². The van der Waals surface area contributed by atoms with E-state index in [-0.39, 0.29) is 16.2 Å². The predicted octanol–water partition coefficient (Wildman–Crippen LogP) is 20.7. The van der Waals surface area contributed by atoms with Gasteiger partial charge in [-0.2, -0.15) is 0 Å². The molecular formula is C68H89NS. The summed E-state index contributed by atoms with van der Waals surface area (Å²) in [6, 6.07) is 34.5. The molecule has 0 saturated carbocycles. The molecule has 0 radical (unpaired) electrons. The number of benzene rings is 4. The molecule has 1 unspecified atom stereocenters. The van der Waals surface area contributed by atoms with Gasteiger partial charge in [0, 0.05) is 26.4 Å². The number of rotatable bonds is 19. The zero-order valence-corrected chi connectivity index (χ0v) is 46.5. The first kappa shape index (κ1) is 54.4. The fourth-order valence-electron chi connectivity index (χ4n) is 10.6. The molecule has 0 bridgehead atoms. The zero-order chi connectivity index (χ0) is 50.6. The summed E-state index contributed by atoms with van der Waals surface area (Å²) in [7, 11) is 0. The molecule has 70 heavy (non-hydrogen) atoms. The molecule has 0 spiro atoms. The Kier molecular flexibility index (Phi) is 19.0. The minimum Gasteiger partial charge on any atom is -0.398 e. The molecule has 2 aliphatic carbocycles. The van der Waals surface area contributed by atoms with Crippen LogP contribution in [0, 0.1) is 12.8 Å². The quantitative estimate of drug-likeness (QED) is 0.0498. The van der Waals surface area contributed by atoms with Crippen molar-refractivity contribution in [1.29, 1.82) is 0 Å². The van der Waals surface area contributed by atoms with Gasteiger partial charge in [0.05, 0.1) is 0 Å². The van der Waals surface area contributed by atoms with E-state index in [0.717, 1.165) is 31.4 Å². The lowest BCUT2D eigenvalue weighted by Crippen LogP contribution is -2.26. The van der Waals surface area contributed by atoms with Crippen LogP contribution in [0.5, 0.6) is 0 Å². The Morgan fingerprint density at radius 1 is 0.729 bits per heavy atom. The van der Waals surface area contributed by atoms with Crippen LogP contribution in [0.2, 0.25) is 0 Å². The molecule has 0 fully saturated rings. The number of hydrogen-bond donors (Lipinski definition) is 1. The van der Waals surface area contributed by atoms with Gasteiger partial charge in [-0.05, 0) is 153 Å². The Balaban J connectivity index is 0.000000422. The molecule has 1 atom stereocenters. The standard InChI is InChI=1S/C52H71NS.C16H18/c1-12-15-17-19-32-52(33-20-18-16-13-2)45-34-39(24-26-43(45)44-27-25-40(35-46(44)52)50(6,7)8)36(4)22-23-38(21-14-3)42-29-28-41(37(5)49(42)53)47-30-31-48(54-47)51(9,10)11;1-13-8-10-16(11-9-13)14(2)12-15-6-4-3-5-7-15/h22-31,34-35H,12-21,32-33,53H2,1-11H3;3-8,10-11,13H,2,9,12H2,1H3/b36-22+,38-23+;. The maximum absolute atomic E-state index is 6.99. The summed E-state index contributed by atoms with van der Waals surface area (Å²) >= 11 is 1.89. The summed E-state index contributed by atoms with van der Waals surface area (Å²) in [5, 5.41) is 0. The fourth-order valence-corrected chi connectivity index (χ4v) is 11.7. The van der Waals surface area contributed by atoms with Gasteiger partial charge in [0.2, 0.25) is 0 Å². The van der Waals surface area contributed by atoms with E-state index in [1.54, 1.807) is 11.1 Å². The maximum atomic E-state index is 6.99. The molecule has 372 valence electrons. The van der Waals surface area contributed by atoms with Crippen molar-refractivity contribution in [3.63, 3.8) is 0 Å². The highest BCUT2D eigenvalue weighted by atomic mass is 32.1. The van der Waals surface area contributed by atoms with E-state index in [0.29, 0.717) is 5.92 Å². The first-order valence-corrected chi connectivity index (χ1v) is 28.0. The number of nitrogen functional groups attached to an aromatic ring is 1. The van der Waals surface area contributed by atoms with Crippen molar-refractivity contribution in [2.24, 2.45) is 5.92 Å². The number of allylic oxidation sites excluding steroid dienone is 9. The first-order chi connectivity index (χ1) is 33.4. The second-order valence-electron chi connectivity index (χ2n) is 22.9. The van der Waals surface area contributed by atoms with Gasteiger partial charge in [-0.25, -0.2) is 0 Å². The van der Waals surface area contributed by atoms with Crippen molar-refractivity contribution < 1.29 is 0 Å². The van der Waals surface area contributed by atoms with Crippen LogP contribution in [0.25, 0.3) is 32.7 Å². The normalized spacial score (nSPS) is 15.5. The average molecular weight is 953 g/mol. The lowest BCUT2D eigenvalue weighted by Gasteiger charge is -2.34. The van der Waals surface area contributed by atoms with Crippen LogP contribution < -0.4 is 5.73 Å².